The molecule has 4 nitrogen and oxygen atoms in total. The fourth-order valence-corrected chi connectivity index (χ4v) is 3.41. The summed E-state index contributed by atoms with van der Waals surface area (Å²) in [6.45, 7) is 2.15. The molecule has 2 fully saturated rings. The molecule has 2 aliphatic rings. The van der Waals surface area contributed by atoms with Crippen LogP contribution in [0.25, 0.3) is 0 Å². The number of likely N-dealkylation sites (tertiary alicyclic amines) is 1. The molecule has 0 aromatic carbocycles. The average Bonchev–Trinajstić information content (AvgIpc) is 2.81. The van der Waals surface area contributed by atoms with Gasteiger partial charge in [0.15, 0.2) is 0 Å². The SMILES string of the molecule is Nc1cnc(CN2CCCC3CCCC32)cn1. The minimum Gasteiger partial charge on any atom is -0.382 e. The minimum atomic E-state index is 0.506. The summed E-state index contributed by atoms with van der Waals surface area (Å²) in [5.74, 6) is 1.44. The van der Waals surface area contributed by atoms with Crippen molar-refractivity contribution in [2.24, 2.45) is 5.92 Å². The zero-order chi connectivity index (χ0) is 11.7. The molecule has 2 N–H and O–H groups in total. The van der Waals surface area contributed by atoms with Crippen LogP contribution in [0.2, 0.25) is 0 Å². The minimum absolute atomic E-state index is 0.506. The summed E-state index contributed by atoms with van der Waals surface area (Å²) < 4.78 is 0. The van der Waals surface area contributed by atoms with Crippen LogP contribution in [0.15, 0.2) is 12.4 Å². The summed E-state index contributed by atoms with van der Waals surface area (Å²) in [5, 5.41) is 0. The Balaban J connectivity index is 1.69. The molecule has 3 rings (SSSR count). The second-order valence-electron chi connectivity index (χ2n) is 5.30. The van der Waals surface area contributed by atoms with E-state index >= 15 is 0 Å². The Labute approximate surface area is 102 Å². The number of hydrogen-bond acceptors (Lipinski definition) is 4. The van der Waals surface area contributed by atoms with Crippen LogP contribution in [0.5, 0.6) is 0 Å². The molecule has 1 saturated heterocycles. The molecule has 17 heavy (non-hydrogen) atoms. The second-order valence-corrected chi connectivity index (χ2v) is 5.30. The van der Waals surface area contributed by atoms with Crippen molar-refractivity contribution in [3.63, 3.8) is 0 Å². The van der Waals surface area contributed by atoms with Gasteiger partial charge in [0.25, 0.3) is 0 Å². The highest BCUT2D eigenvalue weighted by Gasteiger charge is 2.34. The summed E-state index contributed by atoms with van der Waals surface area (Å²) in [5.41, 5.74) is 6.61. The van der Waals surface area contributed by atoms with Crippen LogP contribution < -0.4 is 5.73 Å². The number of aromatic nitrogens is 2. The van der Waals surface area contributed by atoms with Gasteiger partial charge < -0.3 is 5.73 Å². The van der Waals surface area contributed by atoms with E-state index in [1.807, 2.05) is 6.20 Å². The molecule has 1 aliphatic heterocycles. The van der Waals surface area contributed by atoms with Crippen molar-refractivity contribution in [2.45, 2.75) is 44.7 Å². The van der Waals surface area contributed by atoms with Gasteiger partial charge in [0.2, 0.25) is 0 Å². The third-order valence-electron chi connectivity index (χ3n) is 4.20. The highest BCUT2D eigenvalue weighted by atomic mass is 15.2. The topological polar surface area (TPSA) is 55.0 Å². The standard InChI is InChI=1S/C13H20N4/c14-13-8-15-11(7-16-13)9-17-6-2-4-10-3-1-5-12(10)17/h7-8,10,12H,1-6,9H2,(H2,14,16). The lowest BCUT2D eigenvalue weighted by atomic mass is 9.92. The Morgan fingerprint density at radius 3 is 2.88 bits per heavy atom. The predicted molar refractivity (Wildman–Crippen MR) is 67.2 cm³/mol. The number of rotatable bonds is 2. The number of piperidine rings is 1. The Morgan fingerprint density at radius 2 is 2.06 bits per heavy atom. The van der Waals surface area contributed by atoms with Gasteiger partial charge in [0.05, 0.1) is 18.1 Å². The van der Waals surface area contributed by atoms with Gasteiger partial charge in [-0.1, -0.05) is 6.42 Å². The lowest BCUT2D eigenvalue weighted by molar-refractivity contribution is 0.104. The van der Waals surface area contributed by atoms with Crippen LogP contribution in [0.1, 0.15) is 37.8 Å². The zero-order valence-corrected chi connectivity index (χ0v) is 10.2. The van der Waals surface area contributed by atoms with Gasteiger partial charge in [-0.15, -0.1) is 0 Å². The van der Waals surface area contributed by atoms with E-state index in [1.54, 1.807) is 6.20 Å². The first-order valence-corrected chi connectivity index (χ1v) is 6.63. The van der Waals surface area contributed by atoms with E-state index in [2.05, 4.69) is 14.9 Å². The van der Waals surface area contributed by atoms with Gasteiger partial charge in [-0.05, 0) is 38.1 Å². The monoisotopic (exact) mass is 232 g/mol. The molecule has 1 aromatic heterocycles. The van der Waals surface area contributed by atoms with Crippen molar-refractivity contribution in [1.82, 2.24) is 14.9 Å². The second kappa shape index (κ2) is 4.61. The number of nitrogens with zero attached hydrogens (tertiary/aromatic N) is 3. The lowest BCUT2D eigenvalue weighted by Crippen LogP contribution is -2.42. The van der Waals surface area contributed by atoms with E-state index in [0.29, 0.717) is 5.82 Å². The molecule has 0 radical (unpaired) electrons. The first kappa shape index (κ1) is 11.0. The van der Waals surface area contributed by atoms with Crippen molar-refractivity contribution in [3.05, 3.63) is 18.1 Å². The van der Waals surface area contributed by atoms with E-state index in [-0.39, 0.29) is 0 Å². The van der Waals surface area contributed by atoms with Crippen molar-refractivity contribution in [3.8, 4) is 0 Å². The van der Waals surface area contributed by atoms with Gasteiger partial charge in [-0.25, -0.2) is 4.98 Å². The smallest absolute Gasteiger partial charge is 0.141 e. The van der Waals surface area contributed by atoms with Crippen LogP contribution >= 0.6 is 0 Å². The third-order valence-corrected chi connectivity index (χ3v) is 4.20. The van der Waals surface area contributed by atoms with E-state index in [9.17, 15) is 0 Å². The maximum Gasteiger partial charge on any atom is 0.141 e. The molecule has 2 heterocycles. The van der Waals surface area contributed by atoms with Crippen molar-refractivity contribution < 1.29 is 0 Å². The van der Waals surface area contributed by atoms with E-state index in [1.165, 1.54) is 38.6 Å². The Hall–Kier alpha value is -1.16. The quantitative estimate of drug-likeness (QED) is 0.845. The Morgan fingerprint density at radius 1 is 1.18 bits per heavy atom. The molecular formula is C13H20N4. The Bertz CT molecular complexity index is 376. The van der Waals surface area contributed by atoms with Crippen LogP contribution in [-0.4, -0.2) is 27.5 Å². The van der Waals surface area contributed by atoms with E-state index < -0.39 is 0 Å². The Kier molecular flexibility index (Phi) is 2.97. The summed E-state index contributed by atoms with van der Waals surface area (Å²) >= 11 is 0. The highest BCUT2D eigenvalue weighted by Crippen LogP contribution is 2.37. The fourth-order valence-electron chi connectivity index (χ4n) is 3.41. The van der Waals surface area contributed by atoms with E-state index in [0.717, 1.165) is 24.2 Å². The van der Waals surface area contributed by atoms with Gasteiger partial charge in [0.1, 0.15) is 5.82 Å². The molecular weight excluding hydrogens is 212 g/mol. The molecule has 92 valence electrons. The maximum absolute atomic E-state index is 5.56. The number of hydrogen-bond donors (Lipinski definition) is 1. The molecule has 0 bridgehead atoms. The summed E-state index contributed by atoms with van der Waals surface area (Å²) in [6, 6.07) is 0.795. The molecule has 1 aromatic rings. The average molecular weight is 232 g/mol. The number of nitrogen functional groups attached to an aromatic ring is 1. The largest absolute Gasteiger partial charge is 0.382 e. The van der Waals surface area contributed by atoms with Crippen LogP contribution in [0.3, 0.4) is 0 Å². The molecule has 2 unspecified atom stereocenters. The summed E-state index contributed by atoms with van der Waals surface area (Å²) in [6.07, 6.45) is 10.4. The third kappa shape index (κ3) is 2.27. The van der Waals surface area contributed by atoms with E-state index in [4.69, 9.17) is 5.73 Å². The zero-order valence-electron chi connectivity index (χ0n) is 10.2. The van der Waals surface area contributed by atoms with Gasteiger partial charge in [-0.3, -0.25) is 9.88 Å². The summed E-state index contributed by atoms with van der Waals surface area (Å²) in [7, 11) is 0. The first-order valence-electron chi connectivity index (χ1n) is 6.63. The molecule has 4 heteroatoms. The van der Waals surface area contributed by atoms with Crippen molar-refractivity contribution in [1.29, 1.82) is 0 Å². The molecule has 0 amide bonds. The molecule has 1 aliphatic carbocycles. The molecule has 0 spiro atoms. The maximum atomic E-state index is 5.56. The van der Waals surface area contributed by atoms with Crippen molar-refractivity contribution in [2.75, 3.05) is 12.3 Å². The van der Waals surface area contributed by atoms with Gasteiger partial charge in [0, 0.05) is 12.6 Å². The number of anilines is 1. The number of nitrogens with two attached hydrogens (primary N) is 1. The van der Waals surface area contributed by atoms with Gasteiger partial charge >= 0.3 is 0 Å². The van der Waals surface area contributed by atoms with Gasteiger partial charge in [-0.2, -0.15) is 0 Å². The van der Waals surface area contributed by atoms with Crippen LogP contribution in [0.4, 0.5) is 5.82 Å². The van der Waals surface area contributed by atoms with Crippen LogP contribution in [0, 0.1) is 5.92 Å². The normalized spacial score (nSPS) is 29.2. The van der Waals surface area contributed by atoms with Crippen molar-refractivity contribution >= 4 is 5.82 Å². The summed E-state index contributed by atoms with van der Waals surface area (Å²) in [4.78, 5) is 11.1. The van der Waals surface area contributed by atoms with Crippen LogP contribution in [-0.2, 0) is 6.54 Å². The number of fused-ring (bicyclic) bond motifs is 1. The fraction of sp³-hybridized carbons (Fsp3) is 0.692. The molecule has 1 saturated carbocycles. The molecule has 2 atom stereocenters. The predicted octanol–water partition coefficient (Wildman–Crippen LogP) is 1.82. The lowest BCUT2D eigenvalue weighted by Gasteiger charge is -2.37. The highest BCUT2D eigenvalue weighted by molar-refractivity contribution is 5.22. The first-order chi connectivity index (χ1) is 8.33.